The molecule has 0 aliphatic rings. The van der Waals surface area contributed by atoms with Gasteiger partial charge >= 0.3 is 0 Å². The van der Waals surface area contributed by atoms with Crippen LogP contribution >= 0.6 is 0 Å². The molecule has 0 unspecified atom stereocenters. The van der Waals surface area contributed by atoms with E-state index in [1.165, 1.54) is 5.56 Å². The highest BCUT2D eigenvalue weighted by Crippen LogP contribution is 2.28. The zero-order valence-electron chi connectivity index (χ0n) is 14.4. The van der Waals surface area contributed by atoms with E-state index in [4.69, 9.17) is 8.83 Å². The van der Waals surface area contributed by atoms with Crippen LogP contribution in [0.2, 0.25) is 0 Å². The Morgan fingerprint density at radius 1 is 1.00 bits per heavy atom. The van der Waals surface area contributed by atoms with Gasteiger partial charge in [-0.05, 0) is 36.2 Å². The molecule has 2 aromatic heterocycles. The molecule has 0 aliphatic heterocycles. The lowest BCUT2D eigenvalue weighted by Gasteiger charge is -2.24. The lowest BCUT2D eigenvalue weighted by molar-refractivity contribution is -0.131. The van der Waals surface area contributed by atoms with Crippen LogP contribution in [0.15, 0.2) is 76.0 Å². The predicted octanol–water partition coefficient (Wildman–Crippen LogP) is 4.83. The van der Waals surface area contributed by atoms with Gasteiger partial charge in [0.2, 0.25) is 5.91 Å². The largest absolute Gasteiger partial charge is 0.469 e. The monoisotopic (exact) mass is 337 g/mol. The molecule has 130 valence electrons. The summed E-state index contributed by atoms with van der Waals surface area (Å²) in [4.78, 5) is 14.2. The summed E-state index contributed by atoms with van der Waals surface area (Å²) >= 11 is 0. The van der Waals surface area contributed by atoms with Crippen LogP contribution in [0.25, 0.3) is 0 Å². The molecule has 3 rings (SSSR count). The summed E-state index contributed by atoms with van der Waals surface area (Å²) in [5.41, 5.74) is 1.19. The third-order valence-corrected chi connectivity index (χ3v) is 4.36. The molecular formula is C21H23NO3. The third kappa shape index (κ3) is 4.41. The summed E-state index contributed by atoms with van der Waals surface area (Å²) in [5.74, 6) is 1.98. The van der Waals surface area contributed by atoms with Gasteiger partial charge in [0.15, 0.2) is 0 Å². The Bertz CT molecular complexity index is 748. The molecule has 0 aliphatic carbocycles. The van der Waals surface area contributed by atoms with Gasteiger partial charge in [0.1, 0.15) is 11.5 Å². The highest BCUT2D eigenvalue weighted by Gasteiger charge is 2.20. The van der Waals surface area contributed by atoms with Gasteiger partial charge in [0.05, 0.1) is 19.1 Å². The molecule has 3 aromatic rings. The normalized spacial score (nSPS) is 12.0. The first-order valence-electron chi connectivity index (χ1n) is 8.66. The maximum atomic E-state index is 12.3. The van der Waals surface area contributed by atoms with Crippen LogP contribution in [0.4, 0.5) is 0 Å². The lowest BCUT2D eigenvalue weighted by Crippen LogP contribution is -2.31. The van der Waals surface area contributed by atoms with E-state index in [9.17, 15) is 4.79 Å². The van der Waals surface area contributed by atoms with Crippen LogP contribution in [-0.4, -0.2) is 17.4 Å². The predicted molar refractivity (Wildman–Crippen MR) is 96.0 cm³/mol. The summed E-state index contributed by atoms with van der Waals surface area (Å²) in [6, 6.07) is 17.9. The van der Waals surface area contributed by atoms with Crippen LogP contribution in [0.1, 0.15) is 42.8 Å². The van der Waals surface area contributed by atoms with Crippen molar-refractivity contribution in [3.63, 3.8) is 0 Å². The van der Waals surface area contributed by atoms with E-state index in [0.29, 0.717) is 19.5 Å². The van der Waals surface area contributed by atoms with E-state index < -0.39 is 0 Å². The minimum atomic E-state index is 0.125. The maximum absolute atomic E-state index is 12.3. The van der Waals surface area contributed by atoms with Gasteiger partial charge in [-0.3, -0.25) is 4.79 Å². The number of rotatable bonds is 8. The van der Waals surface area contributed by atoms with Crippen molar-refractivity contribution >= 4 is 5.91 Å². The molecule has 1 aromatic carbocycles. The molecule has 0 saturated heterocycles. The molecule has 4 nitrogen and oxygen atoms in total. The van der Waals surface area contributed by atoms with Crippen molar-refractivity contribution in [3.05, 3.63) is 84.2 Å². The third-order valence-electron chi connectivity index (χ3n) is 4.36. The molecule has 0 bridgehead atoms. The topological polar surface area (TPSA) is 46.6 Å². The Hall–Kier alpha value is -2.75. The van der Waals surface area contributed by atoms with Gasteiger partial charge in [-0.2, -0.15) is 0 Å². The van der Waals surface area contributed by atoms with E-state index in [0.717, 1.165) is 17.9 Å². The number of hydrogen-bond acceptors (Lipinski definition) is 3. The maximum Gasteiger partial charge on any atom is 0.222 e. The van der Waals surface area contributed by atoms with E-state index in [2.05, 4.69) is 12.1 Å². The number of carbonyl (C=O) groups is 1. The van der Waals surface area contributed by atoms with Gasteiger partial charge in [0, 0.05) is 18.9 Å². The first-order valence-corrected chi connectivity index (χ1v) is 8.66. The number of furan rings is 2. The Kier molecular flexibility index (Phi) is 5.73. The average Bonchev–Trinajstić information content (AvgIpc) is 3.35. The summed E-state index contributed by atoms with van der Waals surface area (Å²) in [7, 11) is 0. The quantitative estimate of drug-likeness (QED) is 0.591. The summed E-state index contributed by atoms with van der Waals surface area (Å²) < 4.78 is 11.1. The first-order chi connectivity index (χ1) is 12.3. The number of carbonyl (C=O) groups excluding carboxylic acids is 1. The molecule has 25 heavy (non-hydrogen) atoms. The first kappa shape index (κ1) is 17.1. The van der Waals surface area contributed by atoms with Gasteiger partial charge < -0.3 is 13.7 Å². The Balaban J connectivity index is 1.75. The Morgan fingerprint density at radius 3 is 2.40 bits per heavy atom. The van der Waals surface area contributed by atoms with Gasteiger partial charge in [-0.1, -0.05) is 37.3 Å². The Labute approximate surface area is 148 Å². The van der Waals surface area contributed by atoms with Crippen LogP contribution in [0, 0.1) is 0 Å². The lowest BCUT2D eigenvalue weighted by atomic mass is 9.93. The smallest absolute Gasteiger partial charge is 0.222 e. The van der Waals surface area contributed by atoms with Crippen molar-refractivity contribution in [1.29, 1.82) is 0 Å². The summed E-state index contributed by atoms with van der Waals surface area (Å²) in [6.45, 7) is 3.03. The minimum absolute atomic E-state index is 0.125. The molecule has 0 saturated carbocycles. The number of benzene rings is 1. The second-order valence-electron chi connectivity index (χ2n) is 6.02. The molecule has 0 spiro atoms. The molecule has 4 heteroatoms. The fraction of sp³-hybridized carbons (Fsp3) is 0.286. The van der Waals surface area contributed by atoms with E-state index in [-0.39, 0.29) is 11.8 Å². The zero-order chi connectivity index (χ0) is 17.5. The van der Waals surface area contributed by atoms with Crippen LogP contribution in [-0.2, 0) is 11.3 Å². The van der Waals surface area contributed by atoms with Gasteiger partial charge in [-0.15, -0.1) is 0 Å². The number of amides is 1. The van der Waals surface area contributed by atoms with Crippen molar-refractivity contribution in [2.75, 3.05) is 6.54 Å². The average molecular weight is 337 g/mol. The molecule has 0 radical (unpaired) electrons. The number of hydrogen-bond donors (Lipinski definition) is 0. The fourth-order valence-electron chi connectivity index (χ4n) is 3.04. The highest BCUT2D eigenvalue weighted by molar-refractivity contribution is 5.75. The van der Waals surface area contributed by atoms with Crippen LogP contribution < -0.4 is 0 Å². The van der Waals surface area contributed by atoms with Crippen molar-refractivity contribution in [3.8, 4) is 0 Å². The van der Waals surface area contributed by atoms with Crippen molar-refractivity contribution in [2.45, 2.75) is 32.2 Å². The molecule has 0 fully saturated rings. The number of nitrogens with zero attached hydrogens (tertiary/aromatic N) is 1. The van der Waals surface area contributed by atoms with Crippen LogP contribution in [0.5, 0.6) is 0 Å². The molecular weight excluding hydrogens is 314 g/mol. The fourth-order valence-corrected chi connectivity index (χ4v) is 3.04. The summed E-state index contributed by atoms with van der Waals surface area (Å²) in [6.07, 6.45) is 4.62. The zero-order valence-corrected chi connectivity index (χ0v) is 14.4. The molecule has 2 heterocycles. The minimum Gasteiger partial charge on any atom is -0.469 e. The molecule has 1 atom stereocenters. The van der Waals surface area contributed by atoms with Crippen LogP contribution in [0.3, 0.4) is 0 Å². The highest BCUT2D eigenvalue weighted by atomic mass is 16.3. The van der Waals surface area contributed by atoms with Crippen molar-refractivity contribution in [1.82, 2.24) is 4.90 Å². The SMILES string of the molecule is CCC(=O)N(CC[C@H](c1ccccc1)c1ccco1)Cc1ccco1. The van der Waals surface area contributed by atoms with E-state index in [1.807, 2.05) is 54.3 Å². The second kappa shape index (κ2) is 8.38. The standard InChI is InChI=1S/C21H23NO3/c1-2-21(23)22(16-18-10-6-14-24-18)13-12-19(20-11-7-15-25-20)17-8-4-3-5-9-17/h3-11,14-15,19H,2,12-13,16H2,1H3/t19-/m1/s1. The molecule has 0 N–H and O–H groups in total. The summed E-state index contributed by atoms with van der Waals surface area (Å²) in [5, 5.41) is 0. The van der Waals surface area contributed by atoms with Gasteiger partial charge in [-0.25, -0.2) is 0 Å². The van der Waals surface area contributed by atoms with Crippen molar-refractivity contribution in [2.24, 2.45) is 0 Å². The second-order valence-corrected chi connectivity index (χ2v) is 6.02. The Morgan fingerprint density at radius 2 is 1.76 bits per heavy atom. The van der Waals surface area contributed by atoms with Gasteiger partial charge in [0.25, 0.3) is 0 Å². The molecule has 1 amide bonds. The van der Waals surface area contributed by atoms with E-state index in [1.54, 1.807) is 12.5 Å². The van der Waals surface area contributed by atoms with E-state index >= 15 is 0 Å². The van der Waals surface area contributed by atoms with Crippen molar-refractivity contribution < 1.29 is 13.6 Å².